The molecule has 0 amide bonds. The number of rotatable bonds is 6. The van der Waals surface area contributed by atoms with Gasteiger partial charge in [0, 0.05) is 23.2 Å². The summed E-state index contributed by atoms with van der Waals surface area (Å²) in [6, 6.07) is 7.95. The van der Waals surface area contributed by atoms with Crippen LogP contribution in [0.15, 0.2) is 28.7 Å². The molecule has 18 heavy (non-hydrogen) atoms. The zero-order valence-electron chi connectivity index (χ0n) is 10.9. The van der Waals surface area contributed by atoms with Crippen LogP contribution in [-0.4, -0.2) is 36.2 Å². The third kappa shape index (κ3) is 5.80. The summed E-state index contributed by atoms with van der Waals surface area (Å²) >= 11 is 8.68. The molecule has 0 unspecified atom stereocenters. The molecule has 0 spiro atoms. The summed E-state index contributed by atoms with van der Waals surface area (Å²) in [5.74, 6) is 0. The van der Waals surface area contributed by atoms with Gasteiger partial charge in [-0.2, -0.15) is 0 Å². The lowest BCUT2D eigenvalue weighted by atomic mass is 10.3. The topological polar surface area (TPSA) is 27.3 Å². The fraction of sp³-hybridized carbons (Fsp3) is 0.462. The number of thiocarbonyl (C=S) groups is 1. The van der Waals surface area contributed by atoms with Crippen molar-refractivity contribution in [3.63, 3.8) is 0 Å². The second-order valence-electron chi connectivity index (χ2n) is 3.92. The first-order valence-corrected chi connectivity index (χ1v) is 7.38. The van der Waals surface area contributed by atoms with E-state index in [1.165, 1.54) is 0 Å². The molecule has 0 radical (unpaired) electrons. The molecule has 100 valence electrons. The fourth-order valence-corrected chi connectivity index (χ4v) is 2.23. The molecular weight excluding hydrogens is 310 g/mol. The Morgan fingerprint density at radius 1 is 1.33 bits per heavy atom. The molecular formula is C13H20BrN3S. The molecule has 1 rings (SSSR count). The Bertz CT molecular complexity index is 380. The Kier molecular flexibility index (Phi) is 7.23. The second kappa shape index (κ2) is 8.45. The van der Waals surface area contributed by atoms with Crippen molar-refractivity contribution in [1.82, 2.24) is 10.2 Å². The molecule has 0 bridgehead atoms. The van der Waals surface area contributed by atoms with Crippen molar-refractivity contribution >= 4 is 38.9 Å². The van der Waals surface area contributed by atoms with Gasteiger partial charge in [-0.1, -0.05) is 35.8 Å². The molecule has 0 heterocycles. The maximum Gasteiger partial charge on any atom is 0.170 e. The number of nitrogens with zero attached hydrogens (tertiary/aromatic N) is 1. The molecule has 0 aliphatic carbocycles. The van der Waals surface area contributed by atoms with Gasteiger partial charge >= 0.3 is 0 Å². The van der Waals surface area contributed by atoms with E-state index < -0.39 is 0 Å². The zero-order valence-corrected chi connectivity index (χ0v) is 13.3. The monoisotopic (exact) mass is 329 g/mol. The van der Waals surface area contributed by atoms with Gasteiger partial charge in [-0.25, -0.2) is 0 Å². The smallest absolute Gasteiger partial charge is 0.170 e. The van der Waals surface area contributed by atoms with Crippen LogP contribution in [0.25, 0.3) is 0 Å². The first-order valence-electron chi connectivity index (χ1n) is 6.18. The van der Waals surface area contributed by atoms with Crippen molar-refractivity contribution in [1.29, 1.82) is 0 Å². The van der Waals surface area contributed by atoms with E-state index in [1.807, 2.05) is 24.3 Å². The third-order valence-corrected chi connectivity index (χ3v) is 3.43. The van der Waals surface area contributed by atoms with Gasteiger partial charge in [0.15, 0.2) is 5.11 Å². The molecule has 5 heteroatoms. The number of halogens is 1. The van der Waals surface area contributed by atoms with Gasteiger partial charge in [-0.05, 0) is 43.5 Å². The van der Waals surface area contributed by atoms with Gasteiger partial charge in [0.1, 0.15) is 0 Å². The lowest BCUT2D eigenvalue weighted by molar-refractivity contribution is 0.308. The van der Waals surface area contributed by atoms with E-state index in [0.717, 1.165) is 36.3 Å². The summed E-state index contributed by atoms with van der Waals surface area (Å²) in [5, 5.41) is 7.04. The Labute approximate surface area is 123 Å². The Balaban J connectivity index is 2.29. The summed E-state index contributed by atoms with van der Waals surface area (Å²) < 4.78 is 1.04. The Hall–Kier alpha value is -0.650. The predicted molar refractivity (Wildman–Crippen MR) is 86.2 cm³/mol. The van der Waals surface area contributed by atoms with Gasteiger partial charge < -0.3 is 15.5 Å². The van der Waals surface area contributed by atoms with E-state index in [-0.39, 0.29) is 0 Å². The minimum atomic E-state index is 0.667. The van der Waals surface area contributed by atoms with Gasteiger partial charge in [0.25, 0.3) is 0 Å². The molecule has 2 N–H and O–H groups in total. The van der Waals surface area contributed by atoms with Crippen molar-refractivity contribution in [3.8, 4) is 0 Å². The summed E-state index contributed by atoms with van der Waals surface area (Å²) in [5.41, 5.74) is 0.990. The lowest BCUT2D eigenvalue weighted by Crippen LogP contribution is -2.36. The zero-order chi connectivity index (χ0) is 13.4. The average Bonchev–Trinajstić information content (AvgIpc) is 2.34. The molecule has 0 fully saturated rings. The van der Waals surface area contributed by atoms with Crippen LogP contribution in [0.5, 0.6) is 0 Å². The third-order valence-electron chi connectivity index (χ3n) is 2.69. The molecule has 3 nitrogen and oxygen atoms in total. The predicted octanol–water partition coefficient (Wildman–Crippen LogP) is 3.08. The van der Waals surface area contributed by atoms with E-state index in [0.29, 0.717) is 5.11 Å². The van der Waals surface area contributed by atoms with Crippen molar-refractivity contribution < 1.29 is 0 Å². The highest BCUT2D eigenvalue weighted by Crippen LogP contribution is 2.15. The number of benzene rings is 1. The SMILES string of the molecule is CCN(CC)CCNC(=S)Nc1cccc(Br)c1. The standard InChI is InChI=1S/C13H20BrN3S/c1-3-17(4-2)9-8-15-13(18)16-12-7-5-6-11(14)10-12/h5-7,10H,3-4,8-9H2,1-2H3,(H2,15,16,18). The maximum atomic E-state index is 5.25. The largest absolute Gasteiger partial charge is 0.361 e. The van der Waals surface area contributed by atoms with E-state index in [4.69, 9.17) is 12.2 Å². The number of hydrogen-bond donors (Lipinski definition) is 2. The average molecular weight is 330 g/mol. The van der Waals surface area contributed by atoms with Crippen LogP contribution >= 0.6 is 28.1 Å². The van der Waals surface area contributed by atoms with Crippen molar-refractivity contribution in [2.75, 3.05) is 31.5 Å². The van der Waals surface area contributed by atoms with Crippen LogP contribution in [0.4, 0.5) is 5.69 Å². The number of nitrogens with one attached hydrogen (secondary N) is 2. The van der Waals surface area contributed by atoms with Crippen LogP contribution in [0.2, 0.25) is 0 Å². The molecule has 0 aliphatic rings. The number of hydrogen-bond acceptors (Lipinski definition) is 2. The van der Waals surface area contributed by atoms with Crippen LogP contribution in [0, 0.1) is 0 Å². The molecule has 0 aromatic heterocycles. The van der Waals surface area contributed by atoms with Crippen molar-refractivity contribution in [2.45, 2.75) is 13.8 Å². The summed E-state index contributed by atoms with van der Waals surface area (Å²) in [4.78, 5) is 2.36. The fourth-order valence-electron chi connectivity index (χ4n) is 1.61. The minimum Gasteiger partial charge on any atom is -0.361 e. The first kappa shape index (κ1) is 15.4. The van der Waals surface area contributed by atoms with E-state index >= 15 is 0 Å². The molecule has 0 saturated heterocycles. The van der Waals surface area contributed by atoms with Crippen molar-refractivity contribution in [3.05, 3.63) is 28.7 Å². The molecule has 0 aliphatic heterocycles. The maximum absolute atomic E-state index is 5.25. The van der Waals surface area contributed by atoms with Gasteiger partial charge in [-0.3, -0.25) is 0 Å². The highest BCUT2D eigenvalue weighted by Gasteiger charge is 2.00. The molecule has 0 atom stereocenters. The second-order valence-corrected chi connectivity index (χ2v) is 5.24. The van der Waals surface area contributed by atoms with Crippen molar-refractivity contribution in [2.24, 2.45) is 0 Å². The minimum absolute atomic E-state index is 0.667. The first-order chi connectivity index (χ1) is 8.65. The molecule has 1 aromatic carbocycles. The Morgan fingerprint density at radius 2 is 2.06 bits per heavy atom. The summed E-state index contributed by atoms with van der Waals surface area (Å²) in [6.07, 6.45) is 0. The van der Waals surface area contributed by atoms with Crippen LogP contribution in [0.3, 0.4) is 0 Å². The van der Waals surface area contributed by atoms with Gasteiger partial charge in [-0.15, -0.1) is 0 Å². The quantitative estimate of drug-likeness (QED) is 0.784. The molecule has 1 aromatic rings. The van der Waals surface area contributed by atoms with Crippen LogP contribution in [-0.2, 0) is 0 Å². The Morgan fingerprint density at radius 3 is 2.67 bits per heavy atom. The number of anilines is 1. The van der Waals surface area contributed by atoms with Gasteiger partial charge in [0.2, 0.25) is 0 Å². The van der Waals surface area contributed by atoms with E-state index in [1.54, 1.807) is 0 Å². The lowest BCUT2D eigenvalue weighted by Gasteiger charge is -2.19. The van der Waals surface area contributed by atoms with E-state index in [9.17, 15) is 0 Å². The van der Waals surface area contributed by atoms with Crippen LogP contribution < -0.4 is 10.6 Å². The highest BCUT2D eigenvalue weighted by molar-refractivity contribution is 9.10. The number of likely N-dealkylation sites (N-methyl/N-ethyl adjacent to an activating group) is 1. The molecule has 0 saturated carbocycles. The van der Waals surface area contributed by atoms with Gasteiger partial charge in [0.05, 0.1) is 0 Å². The van der Waals surface area contributed by atoms with Crippen LogP contribution in [0.1, 0.15) is 13.8 Å². The van der Waals surface area contributed by atoms with E-state index in [2.05, 4.69) is 45.3 Å². The summed E-state index contributed by atoms with van der Waals surface area (Å²) in [7, 11) is 0. The normalized spacial score (nSPS) is 10.4. The highest BCUT2D eigenvalue weighted by atomic mass is 79.9. The summed E-state index contributed by atoms with van der Waals surface area (Å²) in [6.45, 7) is 8.35.